The molecule has 0 unspecified atom stereocenters. The smallest absolute Gasteiger partial charge is 0.248 e. The van der Waals surface area contributed by atoms with Crippen molar-refractivity contribution in [2.45, 2.75) is 19.8 Å². The maximum atomic E-state index is 12.1. The van der Waals surface area contributed by atoms with Crippen LogP contribution in [0.5, 0.6) is 0 Å². The zero-order valence-electron chi connectivity index (χ0n) is 16.2. The molecule has 1 fully saturated rings. The summed E-state index contributed by atoms with van der Waals surface area (Å²) in [4.78, 5) is 32.6. The van der Waals surface area contributed by atoms with Crippen LogP contribution in [0.15, 0.2) is 54.7 Å². The van der Waals surface area contributed by atoms with Crippen molar-refractivity contribution in [3.63, 3.8) is 0 Å². The van der Waals surface area contributed by atoms with Crippen LogP contribution in [-0.2, 0) is 9.59 Å². The number of amides is 2. The van der Waals surface area contributed by atoms with Crippen LogP contribution in [0, 0.1) is 0 Å². The number of nitrogens with one attached hydrogen (secondary N) is 1. The Hall–Kier alpha value is -3.15. The lowest BCUT2D eigenvalue weighted by atomic mass is 10.2. The van der Waals surface area contributed by atoms with Crippen molar-refractivity contribution in [1.29, 1.82) is 0 Å². The minimum atomic E-state index is -0.193. The summed E-state index contributed by atoms with van der Waals surface area (Å²) in [5.41, 5.74) is 1.63. The summed E-state index contributed by atoms with van der Waals surface area (Å²) in [6.45, 7) is 5.05. The van der Waals surface area contributed by atoms with Crippen molar-refractivity contribution < 1.29 is 9.59 Å². The van der Waals surface area contributed by atoms with Gasteiger partial charge in [-0.15, -0.1) is 0 Å². The maximum absolute atomic E-state index is 12.1. The summed E-state index contributed by atoms with van der Waals surface area (Å²) in [5, 5.41) is 2.82. The second-order valence-electron chi connectivity index (χ2n) is 6.71. The van der Waals surface area contributed by atoms with Gasteiger partial charge in [0.15, 0.2) is 0 Å². The molecule has 1 aliphatic rings. The average Bonchev–Trinajstić information content (AvgIpc) is 2.99. The normalized spacial score (nSPS) is 14.8. The molecule has 0 bridgehead atoms. The highest BCUT2D eigenvalue weighted by molar-refractivity contribution is 6.01. The Morgan fingerprint density at radius 3 is 2.61 bits per heavy atom. The highest BCUT2D eigenvalue weighted by atomic mass is 16.2. The Balaban J connectivity index is 1.55. The first-order chi connectivity index (χ1) is 13.7. The summed E-state index contributed by atoms with van der Waals surface area (Å²) in [6, 6.07) is 13.5. The molecule has 0 atom stereocenters. The SMILES string of the molecule is CCC(=O)N1CCCN(c2ccc(NC(=O)/C=C/c3ccccc3)cn2)CC1. The van der Waals surface area contributed by atoms with Crippen LogP contribution in [0.1, 0.15) is 25.3 Å². The van der Waals surface area contributed by atoms with Crippen LogP contribution in [0.4, 0.5) is 11.5 Å². The number of aromatic nitrogens is 1. The molecule has 0 aliphatic carbocycles. The van der Waals surface area contributed by atoms with E-state index in [1.54, 1.807) is 12.3 Å². The standard InChI is InChI=1S/C22H26N4O2/c1-2-22(28)26-14-6-13-25(15-16-26)20-11-10-19(17-23-20)24-21(27)12-9-18-7-4-3-5-8-18/h3-5,7-12,17H,2,6,13-16H2,1H3,(H,24,27)/b12-9+. The molecule has 0 saturated carbocycles. The second-order valence-corrected chi connectivity index (χ2v) is 6.71. The van der Waals surface area contributed by atoms with Crippen molar-refractivity contribution >= 4 is 29.4 Å². The monoisotopic (exact) mass is 378 g/mol. The molecule has 6 heteroatoms. The number of pyridine rings is 1. The van der Waals surface area contributed by atoms with Crippen LogP contribution < -0.4 is 10.2 Å². The van der Waals surface area contributed by atoms with Gasteiger partial charge in [-0.2, -0.15) is 0 Å². The number of carbonyl (C=O) groups excluding carboxylic acids is 2. The van der Waals surface area contributed by atoms with Gasteiger partial charge in [0.1, 0.15) is 5.82 Å². The van der Waals surface area contributed by atoms with Crippen molar-refractivity contribution in [1.82, 2.24) is 9.88 Å². The van der Waals surface area contributed by atoms with Gasteiger partial charge in [0, 0.05) is 38.7 Å². The van der Waals surface area contributed by atoms with E-state index in [9.17, 15) is 9.59 Å². The topological polar surface area (TPSA) is 65.5 Å². The van der Waals surface area contributed by atoms with E-state index in [0.717, 1.165) is 44.0 Å². The lowest BCUT2D eigenvalue weighted by molar-refractivity contribution is -0.130. The van der Waals surface area contributed by atoms with E-state index in [0.29, 0.717) is 12.1 Å². The molecule has 1 aliphatic heterocycles. The molecule has 28 heavy (non-hydrogen) atoms. The Bertz CT molecular complexity index is 818. The summed E-state index contributed by atoms with van der Waals surface area (Å²) in [6.07, 6.45) is 6.43. The highest BCUT2D eigenvalue weighted by Gasteiger charge is 2.18. The quantitative estimate of drug-likeness (QED) is 0.812. The van der Waals surface area contributed by atoms with Gasteiger partial charge in [-0.1, -0.05) is 37.3 Å². The minimum Gasteiger partial charge on any atom is -0.355 e. The molecular weight excluding hydrogens is 352 g/mol. The first-order valence-electron chi connectivity index (χ1n) is 9.68. The molecular formula is C22H26N4O2. The van der Waals surface area contributed by atoms with Gasteiger partial charge >= 0.3 is 0 Å². The maximum Gasteiger partial charge on any atom is 0.248 e. The van der Waals surface area contributed by atoms with Gasteiger partial charge in [0.05, 0.1) is 11.9 Å². The van der Waals surface area contributed by atoms with Crippen LogP contribution >= 0.6 is 0 Å². The molecule has 0 radical (unpaired) electrons. The van der Waals surface area contributed by atoms with E-state index in [1.165, 1.54) is 6.08 Å². The fourth-order valence-electron chi connectivity index (χ4n) is 3.19. The predicted molar refractivity (Wildman–Crippen MR) is 112 cm³/mol. The van der Waals surface area contributed by atoms with E-state index >= 15 is 0 Å². The fourth-order valence-corrected chi connectivity index (χ4v) is 3.19. The molecule has 146 valence electrons. The zero-order valence-corrected chi connectivity index (χ0v) is 16.2. The van der Waals surface area contributed by atoms with Gasteiger partial charge in [0.2, 0.25) is 11.8 Å². The molecule has 1 aromatic heterocycles. The van der Waals surface area contributed by atoms with Gasteiger partial charge < -0.3 is 15.1 Å². The van der Waals surface area contributed by atoms with E-state index in [1.807, 2.05) is 54.3 Å². The molecule has 2 heterocycles. The third kappa shape index (κ3) is 5.42. The van der Waals surface area contributed by atoms with Gasteiger partial charge in [-0.3, -0.25) is 9.59 Å². The molecule has 6 nitrogen and oxygen atoms in total. The number of nitrogens with zero attached hydrogens (tertiary/aromatic N) is 3. The van der Waals surface area contributed by atoms with E-state index < -0.39 is 0 Å². The Kier molecular flexibility index (Phi) is 6.78. The van der Waals surface area contributed by atoms with Gasteiger partial charge in [0.25, 0.3) is 0 Å². The summed E-state index contributed by atoms with van der Waals surface area (Å²) in [5.74, 6) is 0.877. The zero-order chi connectivity index (χ0) is 19.8. The van der Waals surface area contributed by atoms with Crippen LogP contribution in [0.25, 0.3) is 6.08 Å². The van der Waals surface area contributed by atoms with Gasteiger partial charge in [-0.25, -0.2) is 4.98 Å². The molecule has 0 spiro atoms. The third-order valence-electron chi connectivity index (χ3n) is 4.72. The lowest BCUT2D eigenvalue weighted by Gasteiger charge is -2.22. The largest absolute Gasteiger partial charge is 0.355 e. The van der Waals surface area contributed by atoms with E-state index in [4.69, 9.17) is 0 Å². The second kappa shape index (κ2) is 9.69. The van der Waals surface area contributed by atoms with Crippen LogP contribution in [-0.4, -0.2) is 47.9 Å². The molecule has 3 rings (SSSR count). The van der Waals surface area contributed by atoms with Crippen molar-refractivity contribution in [3.05, 3.63) is 60.3 Å². The third-order valence-corrected chi connectivity index (χ3v) is 4.72. The Morgan fingerprint density at radius 2 is 1.89 bits per heavy atom. The molecule has 1 saturated heterocycles. The lowest BCUT2D eigenvalue weighted by Crippen LogP contribution is -2.34. The summed E-state index contributed by atoms with van der Waals surface area (Å²) in [7, 11) is 0. The number of hydrogen-bond acceptors (Lipinski definition) is 4. The molecule has 2 amide bonds. The summed E-state index contributed by atoms with van der Waals surface area (Å²) < 4.78 is 0. The first kappa shape index (κ1) is 19.6. The average molecular weight is 378 g/mol. The van der Waals surface area contributed by atoms with Crippen molar-refractivity contribution in [2.24, 2.45) is 0 Å². The minimum absolute atomic E-state index is 0.193. The Morgan fingerprint density at radius 1 is 1.07 bits per heavy atom. The Labute approximate surface area is 165 Å². The van der Waals surface area contributed by atoms with Crippen molar-refractivity contribution in [3.8, 4) is 0 Å². The highest BCUT2D eigenvalue weighted by Crippen LogP contribution is 2.17. The number of anilines is 2. The number of carbonyl (C=O) groups is 2. The van der Waals surface area contributed by atoms with E-state index in [2.05, 4.69) is 15.2 Å². The molecule has 2 aromatic rings. The molecule has 1 N–H and O–H groups in total. The van der Waals surface area contributed by atoms with Crippen LogP contribution in [0.3, 0.4) is 0 Å². The van der Waals surface area contributed by atoms with Gasteiger partial charge in [-0.05, 0) is 30.2 Å². The summed E-state index contributed by atoms with van der Waals surface area (Å²) >= 11 is 0. The number of hydrogen-bond donors (Lipinski definition) is 1. The predicted octanol–water partition coefficient (Wildman–Crippen LogP) is 3.18. The van der Waals surface area contributed by atoms with E-state index in [-0.39, 0.29) is 11.8 Å². The number of rotatable bonds is 5. The molecule has 1 aromatic carbocycles. The first-order valence-corrected chi connectivity index (χ1v) is 9.68. The van der Waals surface area contributed by atoms with Crippen molar-refractivity contribution in [2.75, 3.05) is 36.4 Å². The fraction of sp³-hybridized carbons (Fsp3) is 0.318. The van der Waals surface area contributed by atoms with Crippen LogP contribution in [0.2, 0.25) is 0 Å². The number of benzene rings is 1.